The van der Waals surface area contributed by atoms with Gasteiger partial charge >= 0.3 is 0 Å². The molecule has 8 heteroatoms. The molecule has 2 heterocycles. The fourth-order valence-electron chi connectivity index (χ4n) is 2.90. The Kier molecular flexibility index (Phi) is 5.29. The van der Waals surface area contributed by atoms with Gasteiger partial charge in [0.1, 0.15) is 5.82 Å². The van der Waals surface area contributed by atoms with Crippen LogP contribution in [0, 0.1) is 18.6 Å². The molecule has 0 unspecified atom stereocenters. The molecule has 1 N–H and O–H groups in total. The summed E-state index contributed by atoms with van der Waals surface area (Å²) in [5.74, 6) is -0.865. The van der Waals surface area contributed by atoms with Crippen LogP contribution in [0.3, 0.4) is 0 Å². The molecule has 1 amide bonds. The van der Waals surface area contributed by atoms with Crippen LogP contribution in [-0.2, 0) is 0 Å². The van der Waals surface area contributed by atoms with Crippen molar-refractivity contribution in [3.8, 4) is 0 Å². The highest BCUT2D eigenvalue weighted by Crippen LogP contribution is 2.18. The molecule has 0 atom stereocenters. The normalized spacial score (nSPS) is 14.5. The summed E-state index contributed by atoms with van der Waals surface area (Å²) in [5, 5.41) is 3.11. The standard InChI is InChI=1S/C18H21F2N5O/c1-3-21-18-22-12(2)10-16(23-18)24-6-8-25(9-7-24)17(26)13-4-5-14(19)15(20)11-13/h4-5,10-11H,3,6-9H2,1-2H3,(H,21,22,23). The lowest BCUT2D eigenvalue weighted by molar-refractivity contribution is 0.0746. The van der Waals surface area contributed by atoms with Gasteiger partial charge in [-0.25, -0.2) is 13.8 Å². The van der Waals surface area contributed by atoms with Gasteiger partial charge in [-0.3, -0.25) is 4.79 Å². The smallest absolute Gasteiger partial charge is 0.254 e. The number of aromatic nitrogens is 2. The number of aryl methyl sites for hydroxylation is 1. The third kappa shape index (κ3) is 3.89. The Hall–Kier alpha value is -2.77. The molecule has 138 valence electrons. The molecule has 26 heavy (non-hydrogen) atoms. The van der Waals surface area contributed by atoms with Crippen LogP contribution in [0.1, 0.15) is 23.0 Å². The second kappa shape index (κ2) is 7.63. The molecule has 1 aromatic carbocycles. The van der Waals surface area contributed by atoms with Crippen molar-refractivity contribution < 1.29 is 13.6 Å². The second-order valence-electron chi connectivity index (χ2n) is 6.13. The fourth-order valence-corrected chi connectivity index (χ4v) is 2.90. The SMILES string of the molecule is CCNc1nc(C)cc(N2CCN(C(=O)c3ccc(F)c(F)c3)CC2)n1. The number of nitrogens with one attached hydrogen (secondary N) is 1. The summed E-state index contributed by atoms with van der Waals surface area (Å²) in [6.45, 7) is 6.81. The van der Waals surface area contributed by atoms with Crippen molar-refractivity contribution in [2.24, 2.45) is 0 Å². The van der Waals surface area contributed by atoms with E-state index >= 15 is 0 Å². The van der Waals surface area contributed by atoms with Gasteiger partial charge in [-0.05, 0) is 32.0 Å². The quantitative estimate of drug-likeness (QED) is 0.906. The maximum absolute atomic E-state index is 13.4. The summed E-state index contributed by atoms with van der Waals surface area (Å²) < 4.78 is 26.4. The van der Waals surface area contributed by atoms with E-state index in [1.165, 1.54) is 6.07 Å². The molecule has 0 spiro atoms. The van der Waals surface area contributed by atoms with Crippen molar-refractivity contribution >= 4 is 17.7 Å². The zero-order valence-electron chi connectivity index (χ0n) is 14.8. The van der Waals surface area contributed by atoms with Crippen molar-refractivity contribution in [3.05, 3.63) is 47.2 Å². The number of piperazine rings is 1. The van der Waals surface area contributed by atoms with E-state index < -0.39 is 11.6 Å². The first-order valence-corrected chi connectivity index (χ1v) is 8.56. The predicted octanol–water partition coefficient (Wildman–Crippen LogP) is 2.46. The molecule has 2 aromatic rings. The van der Waals surface area contributed by atoms with Crippen LogP contribution in [0.2, 0.25) is 0 Å². The van der Waals surface area contributed by atoms with Crippen molar-refractivity contribution in [2.75, 3.05) is 42.9 Å². The molecular weight excluding hydrogens is 340 g/mol. The largest absolute Gasteiger partial charge is 0.354 e. The summed E-state index contributed by atoms with van der Waals surface area (Å²) in [5.41, 5.74) is 1.02. The number of carbonyl (C=O) groups is 1. The summed E-state index contributed by atoms with van der Waals surface area (Å²) in [7, 11) is 0. The van der Waals surface area contributed by atoms with Gasteiger partial charge in [0.15, 0.2) is 11.6 Å². The molecule has 1 aromatic heterocycles. The Morgan fingerprint density at radius 2 is 1.85 bits per heavy atom. The number of hydrogen-bond acceptors (Lipinski definition) is 5. The van der Waals surface area contributed by atoms with Crippen LogP contribution in [0.15, 0.2) is 24.3 Å². The molecule has 1 fully saturated rings. The van der Waals surface area contributed by atoms with Gasteiger partial charge in [0.2, 0.25) is 5.95 Å². The highest BCUT2D eigenvalue weighted by molar-refractivity contribution is 5.94. The number of nitrogens with zero attached hydrogens (tertiary/aromatic N) is 4. The fraction of sp³-hybridized carbons (Fsp3) is 0.389. The zero-order chi connectivity index (χ0) is 18.7. The molecule has 1 aliphatic rings. The highest BCUT2D eigenvalue weighted by atomic mass is 19.2. The number of hydrogen-bond donors (Lipinski definition) is 1. The minimum Gasteiger partial charge on any atom is -0.354 e. The van der Waals surface area contributed by atoms with Crippen molar-refractivity contribution in [1.82, 2.24) is 14.9 Å². The van der Waals surface area contributed by atoms with E-state index in [1.807, 2.05) is 19.9 Å². The molecular formula is C18H21F2N5O. The van der Waals surface area contributed by atoms with Gasteiger partial charge in [-0.1, -0.05) is 0 Å². The minimum atomic E-state index is -1.01. The molecule has 0 radical (unpaired) electrons. The van der Waals surface area contributed by atoms with Crippen molar-refractivity contribution in [1.29, 1.82) is 0 Å². The molecule has 0 aliphatic carbocycles. The van der Waals surface area contributed by atoms with Crippen LogP contribution in [0.25, 0.3) is 0 Å². The number of amides is 1. The Bertz CT molecular complexity index is 806. The highest BCUT2D eigenvalue weighted by Gasteiger charge is 2.24. The average molecular weight is 361 g/mol. The molecule has 1 aliphatic heterocycles. The maximum Gasteiger partial charge on any atom is 0.254 e. The third-order valence-electron chi connectivity index (χ3n) is 4.23. The van der Waals surface area contributed by atoms with E-state index in [9.17, 15) is 13.6 Å². The van der Waals surface area contributed by atoms with Gasteiger partial charge in [-0.15, -0.1) is 0 Å². The summed E-state index contributed by atoms with van der Waals surface area (Å²) in [6, 6.07) is 5.14. The first kappa shape index (κ1) is 18.0. The summed E-state index contributed by atoms with van der Waals surface area (Å²) in [6.07, 6.45) is 0. The molecule has 0 saturated carbocycles. The van der Waals surface area contributed by atoms with E-state index in [2.05, 4.69) is 20.2 Å². The van der Waals surface area contributed by atoms with E-state index in [-0.39, 0.29) is 11.5 Å². The number of benzene rings is 1. The van der Waals surface area contributed by atoms with Gasteiger partial charge in [0, 0.05) is 50.0 Å². The van der Waals surface area contributed by atoms with Crippen molar-refractivity contribution in [2.45, 2.75) is 13.8 Å². The third-order valence-corrected chi connectivity index (χ3v) is 4.23. The molecule has 3 rings (SSSR count). The minimum absolute atomic E-state index is 0.157. The van der Waals surface area contributed by atoms with E-state index in [0.717, 1.165) is 30.2 Å². The Morgan fingerprint density at radius 1 is 1.12 bits per heavy atom. The van der Waals surface area contributed by atoms with Crippen LogP contribution in [0.4, 0.5) is 20.5 Å². The zero-order valence-corrected chi connectivity index (χ0v) is 14.8. The number of anilines is 2. The lowest BCUT2D eigenvalue weighted by atomic mass is 10.1. The summed E-state index contributed by atoms with van der Waals surface area (Å²) >= 11 is 0. The maximum atomic E-state index is 13.4. The molecule has 1 saturated heterocycles. The van der Waals surface area contributed by atoms with Crippen LogP contribution in [0.5, 0.6) is 0 Å². The van der Waals surface area contributed by atoms with E-state index in [0.29, 0.717) is 32.1 Å². The van der Waals surface area contributed by atoms with Crippen LogP contribution in [-0.4, -0.2) is 53.5 Å². The van der Waals surface area contributed by atoms with Crippen LogP contribution < -0.4 is 10.2 Å². The molecule has 0 bridgehead atoms. The topological polar surface area (TPSA) is 61.4 Å². The predicted molar refractivity (Wildman–Crippen MR) is 95.4 cm³/mol. The van der Waals surface area contributed by atoms with E-state index in [1.54, 1.807) is 4.90 Å². The number of halogens is 2. The van der Waals surface area contributed by atoms with Gasteiger partial charge in [0.05, 0.1) is 0 Å². The lowest BCUT2D eigenvalue weighted by Crippen LogP contribution is -2.49. The first-order valence-electron chi connectivity index (χ1n) is 8.56. The number of rotatable bonds is 4. The van der Waals surface area contributed by atoms with E-state index in [4.69, 9.17) is 0 Å². The summed E-state index contributed by atoms with van der Waals surface area (Å²) in [4.78, 5) is 25.1. The monoisotopic (exact) mass is 361 g/mol. The van der Waals surface area contributed by atoms with Crippen molar-refractivity contribution in [3.63, 3.8) is 0 Å². The van der Waals surface area contributed by atoms with Crippen LogP contribution >= 0.6 is 0 Å². The Labute approximate surface area is 150 Å². The lowest BCUT2D eigenvalue weighted by Gasteiger charge is -2.35. The average Bonchev–Trinajstić information content (AvgIpc) is 2.63. The second-order valence-corrected chi connectivity index (χ2v) is 6.13. The van der Waals surface area contributed by atoms with Gasteiger partial charge in [0.25, 0.3) is 5.91 Å². The Balaban J connectivity index is 1.67. The first-order chi connectivity index (χ1) is 12.5. The Morgan fingerprint density at radius 3 is 2.50 bits per heavy atom. The van der Waals surface area contributed by atoms with Gasteiger partial charge < -0.3 is 15.1 Å². The molecule has 6 nitrogen and oxygen atoms in total. The number of carbonyl (C=O) groups excluding carboxylic acids is 1. The van der Waals surface area contributed by atoms with Gasteiger partial charge in [-0.2, -0.15) is 4.98 Å².